The molecule has 2 aromatic rings. The van der Waals surface area contributed by atoms with E-state index in [1.165, 1.54) is 16.3 Å². The summed E-state index contributed by atoms with van der Waals surface area (Å²) in [7, 11) is 0. The lowest BCUT2D eigenvalue weighted by atomic mass is 9.94. The van der Waals surface area contributed by atoms with Gasteiger partial charge in [0, 0.05) is 12.1 Å². The third-order valence-electron chi connectivity index (χ3n) is 4.39. The van der Waals surface area contributed by atoms with E-state index in [1.54, 1.807) is 0 Å². The van der Waals surface area contributed by atoms with Crippen molar-refractivity contribution >= 4 is 10.8 Å². The highest BCUT2D eigenvalue weighted by Crippen LogP contribution is 2.38. The van der Waals surface area contributed by atoms with Gasteiger partial charge < -0.3 is 5.32 Å². The number of hydrogen-bond donors (Lipinski definition) is 1. The molecule has 0 bridgehead atoms. The van der Waals surface area contributed by atoms with E-state index in [-0.39, 0.29) is 0 Å². The monoisotopic (exact) mass is 301 g/mol. The molecule has 1 fully saturated rings. The normalized spacial score (nSPS) is 21.7. The zero-order chi connectivity index (χ0) is 16.1. The van der Waals surface area contributed by atoms with E-state index >= 15 is 0 Å². The van der Waals surface area contributed by atoms with Crippen LogP contribution >= 0.6 is 0 Å². The standard InChI is InChI=1S/C22H23N/c1-3-5-7-12-18(10-6-4-2)21-22(23-21)20-15-14-17-11-8-9-13-19(17)16-20/h3-11,13-16,18,21-23H,1-2,12H2/b7-5+,10-6+. The van der Waals surface area contributed by atoms with Gasteiger partial charge in [-0.2, -0.15) is 0 Å². The first-order valence-electron chi connectivity index (χ1n) is 8.15. The van der Waals surface area contributed by atoms with E-state index in [2.05, 4.69) is 73.1 Å². The van der Waals surface area contributed by atoms with Crippen LogP contribution in [0, 0.1) is 5.92 Å². The maximum atomic E-state index is 3.78. The molecule has 1 aliphatic heterocycles. The Morgan fingerprint density at radius 1 is 1.00 bits per heavy atom. The summed E-state index contributed by atoms with van der Waals surface area (Å²) >= 11 is 0. The third-order valence-corrected chi connectivity index (χ3v) is 4.39. The number of hydrogen-bond acceptors (Lipinski definition) is 1. The van der Waals surface area contributed by atoms with E-state index < -0.39 is 0 Å². The molecule has 1 saturated heterocycles. The van der Waals surface area contributed by atoms with Crippen molar-refractivity contribution in [3.8, 4) is 0 Å². The lowest BCUT2D eigenvalue weighted by molar-refractivity contribution is 0.632. The van der Waals surface area contributed by atoms with Crippen molar-refractivity contribution in [3.05, 3.63) is 97.6 Å². The van der Waals surface area contributed by atoms with Crippen molar-refractivity contribution in [3.63, 3.8) is 0 Å². The highest BCUT2D eigenvalue weighted by Gasteiger charge is 2.41. The van der Waals surface area contributed by atoms with Crippen LogP contribution in [0.5, 0.6) is 0 Å². The van der Waals surface area contributed by atoms with E-state index in [0.717, 1.165) is 6.42 Å². The molecule has 1 heteroatoms. The largest absolute Gasteiger partial charge is 0.303 e. The summed E-state index contributed by atoms with van der Waals surface area (Å²) in [6.07, 6.45) is 13.2. The summed E-state index contributed by atoms with van der Waals surface area (Å²) in [5.41, 5.74) is 1.37. The van der Waals surface area contributed by atoms with Gasteiger partial charge in [-0.15, -0.1) is 0 Å². The molecule has 1 N–H and O–H groups in total. The first-order chi connectivity index (χ1) is 11.3. The summed E-state index contributed by atoms with van der Waals surface area (Å²) in [6, 6.07) is 16.2. The second-order valence-electron chi connectivity index (χ2n) is 5.96. The number of benzene rings is 2. The fraction of sp³-hybridized carbons (Fsp3) is 0.182. The SMILES string of the molecule is C=C/C=C/CC(/C=C/C=C)C1NC1c1ccc2ccccc2c1. The van der Waals surface area contributed by atoms with Crippen molar-refractivity contribution in [2.75, 3.05) is 0 Å². The molecule has 3 rings (SSSR count). The van der Waals surface area contributed by atoms with Crippen LogP contribution in [-0.4, -0.2) is 6.04 Å². The third kappa shape index (κ3) is 3.69. The van der Waals surface area contributed by atoms with Crippen LogP contribution in [0.1, 0.15) is 18.0 Å². The Bertz CT molecular complexity index is 753. The van der Waals surface area contributed by atoms with E-state index in [1.807, 2.05) is 24.3 Å². The number of rotatable bonds is 7. The van der Waals surface area contributed by atoms with Crippen molar-refractivity contribution < 1.29 is 0 Å². The molecule has 3 atom stereocenters. The topological polar surface area (TPSA) is 21.9 Å². The van der Waals surface area contributed by atoms with Crippen LogP contribution in [-0.2, 0) is 0 Å². The van der Waals surface area contributed by atoms with Gasteiger partial charge in [-0.1, -0.05) is 86.0 Å². The number of fused-ring (bicyclic) bond motifs is 1. The number of nitrogens with one attached hydrogen (secondary N) is 1. The van der Waals surface area contributed by atoms with Crippen molar-refractivity contribution in [1.29, 1.82) is 0 Å². The second-order valence-corrected chi connectivity index (χ2v) is 5.96. The Kier molecular flexibility index (Phi) is 4.89. The smallest absolute Gasteiger partial charge is 0.0485 e. The Labute approximate surface area is 138 Å². The number of allylic oxidation sites excluding steroid dienone is 5. The molecule has 1 aliphatic rings. The lowest BCUT2D eigenvalue weighted by Crippen LogP contribution is -2.07. The van der Waals surface area contributed by atoms with Crippen molar-refractivity contribution in [1.82, 2.24) is 5.32 Å². The molecular weight excluding hydrogens is 278 g/mol. The molecule has 0 saturated carbocycles. The molecule has 0 radical (unpaired) electrons. The molecule has 1 nitrogen and oxygen atoms in total. The second kappa shape index (κ2) is 7.26. The molecule has 0 aliphatic carbocycles. The fourth-order valence-corrected chi connectivity index (χ4v) is 3.13. The van der Waals surface area contributed by atoms with Gasteiger partial charge in [-0.25, -0.2) is 0 Å². The Hall–Kier alpha value is -2.38. The molecule has 2 aromatic carbocycles. The van der Waals surface area contributed by atoms with Gasteiger partial charge in [0.15, 0.2) is 0 Å². The summed E-state index contributed by atoms with van der Waals surface area (Å²) in [4.78, 5) is 0. The van der Waals surface area contributed by atoms with Crippen LogP contribution in [0.25, 0.3) is 10.8 Å². The molecule has 23 heavy (non-hydrogen) atoms. The van der Waals surface area contributed by atoms with Gasteiger partial charge >= 0.3 is 0 Å². The minimum atomic E-state index is 0.441. The first-order valence-corrected chi connectivity index (χ1v) is 8.15. The van der Waals surface area contributed by atoms with Gasteiger partial charge in [-0.3, -0.25) is 0 Å². The summed E-state index contributed by atoms with van der Waals surface area (Å²) in [6.45, 7) is 7.51. The van der Waals surface area contributed by atoms with Crippen molar-refractivity contribution in [2.45, 2.75) is 18.5 Å². The molecule has 0 aromatic heterocycles. The summed E-state index contributed by atoms with van der Waals surface area (Å²) < 4.78 is 0. The maximum Gasteiger partial charge on any atom is 0.0485 e. The van der Waals surface area contributed by atoms with Gasteiger partial charge in [0.25, 0.3) is 0 Å². The van der Waals surface area contributed by atoms with Crippen LogP contribution in [0.3, 0.4) is 0 Å². The molecule has 1 heterocycles. The molecule has 0 amide bonds. The molecule has 116 valence electrons. The van der Waals surface area contributed by atoms with Gasteiger partial charge in [0.2, 0.25) is 0 Å². The van der Waals surface area contributed by atoms with Crippen LogP contribution in [0.15, 0.2) is 92.1 Å². The molecule has 3 unspecified atom stereocenters. The van der Waals surface area contributed by atoms with Gasteiger partial charge in [-0.05, 0) is 34.7 Å². The highest BCUT2D eigenvalue weighted by molar-refractivity contribution is 5.83. The Morgan fingerprint density at radius 2 is 1.78 bits per heavy atom. The van der Waals surface area contributed by atoms with E-state index in [4.69, 9.17) is 0 Å². The first kappa shape index (κ1) is 15.5. The quantitative estimate of drug-likeness (QED) is 0.541. The average molecular weight is 301 g/mol. The molecular formula is C22H23N. The zero-order valence-corrected chi connectivity index (χ0v) is 13.4. The van der Waals surface area contributed by atoms with E-state index in [9.17, 15) is 0 Å². The Balaban J connectivity index is 1.76. The predicted molar refractivity (Wildman–Crippen MR) is 100 cm³/mol. The fourth-order valence-electron chi connectivity index (χ4n) is 3.13. The van der Waals surface area contributed by atoms with Crippen molar-refractivity contribution in [2.24, 2.45) is 5.92 Å². The lowest BCUT2D eigenvalue weighted by Gasteiger charge is -2.09. The van der Waals surface area contributed by atoms with Crippen LogP contribution in [0.4, 0.5) is 0 Å². The predicted octanol–water partition coefficient (Wildman–Crippen LogP) is 5.34. The molecule has 0 spiro atoms. The van der Waals surface area contributed by atoms with Crippen LogP contribution in [0.2, 0.25) is 0 Å². The Morgan fingerprint density at radius 3 is 2.57 bits per heavy atom. The highest BCUT2D eigenvalue weighted by atomic mass is 15.2. The maximum absolute atomic E-state index is 3.78. The average Bonchev–Trinajstić information content (AvgIpc) is 3.38. The van der Waals surface area contributed by atoms with Crippen LogP contribution < -0.4 is 5.32 Å². The summed E-state index contributed by atoms with van der Waals surface area (Å²) in [5, 5.41) is 6.24. The van der Waals surface area contributed by atoms with Gasteiger partial charge in [0.05, 0.1) is 0 Å². The van der Waals surface area contributed by atoms with Gasteiger partial charge in [0.1, 0.15) is 0 Å². The minimum absolute atomic E-state index is 0.441. The summed E-state index contributed by atoms with van der Waals surface area (Å²) in [5.74, 6) is 0.473. The van der Waals surface area contributed by atoms with E-state index in [0.29, 0.717) is 18.0 Å². The minimum Gasteiger partial charge on any atom is -0.303 e. The zero-order valence-electron chi connectivity index (χ0n) is 13.4.